The fraction of sp³-hybridized carbons (Fsp3) is 0.625. The van der Waals surface area contributed by atoms with Crippen LogP contribution in [0.1, 0.15) is 50.1 Å². The monoisotopic (exact) mass is 324 g/mol. The number of rotatable bonds is 4. The van der Waals surface area contributed by atoms with Crippen LogP contribution in [0.5, 0.6) is 5.75 Å². The van der Waals surface area contributed by atoms with Crippen molar-refractivity contribution in [3.63, 3.8) is 0 Å². The Morgan fingerprint density at radius 1 is 1.14 bits per heavy atom. The van der Waals surface area contributed by atoms with Crippen LogP contribution in [0, 0.1) is 0 Å². The summed E-state index contributed by atoms with van der Waals surface area (Å²) < 4.78 is 35.4. The summed E-state index contributed by atoms with van der Waals surface area (Å²) in [5.74, 6) is 0.779. The lowest BCUT2D eigenvalue weighted by Crippen LogP contribution is -2.46. The van der Waals surface area contributed by atoms with E-state index in [1.54, 1.807) is 7.05 Å². The van der Waals surface area contributed by atoms with Gasteiger partial charge in [-0.25, -0.2) is 0 Å². The molecule has 0 unspecified atom stereocenters. The molecule has 1 aliphatic heterocycles. The lowest BCUT2D eigenvalue weighted by atomic mass is 9.96. The SMILES string of the molecule is CN(C1CCCCC1)S(=O)(=O)N[C@@H]1CCOc2ccccc21. The van der Waals surface area contributed by atoms with E-state index in [4.69, 9.17) is 4.74 Å². The molecule has 122 valence electrons. The van der Waals surface area contributed by atoms with Gasteiger partial charge in [-0.3, -0.25) is 0 Å². The maximum Gasteiger partial charge on any atom is 0.280 e. The molecule has 0 aromatic heterocycles. The minimum absolute atomic E-state index is 0.126. The quantitative estimate of drug-likeness (QED) is 0.926. The molecular weight excluding hydrogens is 300 g/mol. The minimum Gasteiger partial charge on any atom is -0.493 e. The number of fused-ring (bicyclic) bond motifs is 1. The Labute approximate surface area is 132 Å². The van der Waals surface area contributed by atoms with Crippen LogP contribution in [0.2, 0.25) is 0 Å². The van der Waals surface area contributed by atoms with Crippen LogP contribution in [0.3, 0.4) is 0 Å². The van der Waals surface area contributed by atoms with Gasteiger partial charge in [0.15, 0.2) is 0 Å². The molecule has 1 heterocycles. The zero-order valence-electron chi connectivity index (χ0n) is 13.0. The van der Waals surface area contributed by atoms with Crippen molar-refractivity contribution in [1.82, 2.24) is 9.03 Å². The minimum atomic E-state index is -3.47. The van der Waals surface area contributed by atoms with Crippen LogP contribution >= 0.6 is 0 Å². The van der Waals surface area contributed by atoms with Crippen LogP contribution in [0.15, 0.2) is 24.3 Å². The first-order chi connectivity index (χ1) is 10.6. The fourth-order valence-electron chi connectivity index (χ4n) is 3.37. The molecule has 2 aliphatic rings. The second-order valence-corrected chi connectivity index (χ2v) is 7.92. The molecule has 22 heavy (non-hydrogen) atoms. The molecule has 6 heteroatoms. The second-order valence-electron chi connectivity index (χ2n) is 6.16. The van der Waals surface area contributed by atoms with Gasteiger partial charge in [-0.05, 0) is 18.9 Å². The molecule has 0 radical (unpaired) electrons. The largest absolute Gasteiger partial charge is 0.493 e. The molecular formula is C16H24N2O3S. The maximum atomic E-state index is 12.7. The zero-order valence-corrected chi connectivity index (χ0v) is 13.8. The standard InChI is InChI=1S/C16H24N2O3S/c1-18(13-7-3-2-4-8-13)22(19,20)17-15-11-12-21-16-10-6-5-9-14(15)16/h5-6,9-10,13,15,17H,2-4,7-8,11-12H2,1H3/t15-/m1/s1. The predicted molar refractivity (Wildman–Crippen MR) is 86.0 cm³/mol. The van der Waals surface area contributed by atoms with Gasteiger partial charge in [0.05, 0.1) is 12.6 Å². The van der Waals surface area contributed by atoms with Crippen molar-refractivity contribution in [2.24, 2.45) is 0 Å². The molecule has 1 aromatic carbocycles. The Bertz CT molecular complexity index is 612. The molecule has 0 spiro atoms. The molecule has 1 aromatic rings. The summed E-state index contributed by atoms with van der Waals surface area (Å²) in [7, 11) is -1.78. The van der Waals surface area contributed by atoms with Crippen LogP contribution in [0.4, 0.5) is 0 Å². The van der Waals surface area contributed by atoms with Gasteiger partial charge in [-0.1, -0.05) is 37.5 Å². The molecule has 1 fully saturated rings. The topological polar surface area (TPSA) is 58.6 Å². The molecule has 3 rings (SSSR count). The lowest BCUT2D eigenvalue weighted by molar-refractivity contribution is 0.255. The first-order valence-electron chi connectivity index (χ1n) is 8.05. The highest BCUT2D eigenvalue weighted by Gasteiger charge is 2.31. The molecule has 1 aliphatic carbocycles. The van der Waals surface area contributed by atoms with E-state index in [0.29, 0.717) is 13.0 Å². The van der Waals surface area contributed by atoms with E-state index in [0.717, 1.165) is 37.0 Å². The van der Waals surface area contributed by atoms with Gasteiger partial charge in [0.25, 0.3) is 10.2 Å². The van der Waals surface area contributed by atoms with Crippen molar-refractivity contribution in [1.29, 1.82) is 0 Å². The molecule has 1 N–H and O–H groups in total. The molecule has 1 saturated carbocycles. The summed E-state index contributed by atoms with van der Waals surface area (Å²) in [4.78, 5) is 0. The van der Waals surface area contributed by atoms with E-state index in [9.17, 15) is 8.42 Å². The molecule has 5 nitrogen and oxygen atoms in total. The molecule has 1 atom stereocenters. The van der Waals surface area contributed by atoms with E-state index in [1.807, 2.05) is 24.3 Å². The lowest BCUT2D eigenvalue weighted by Gasteiger charge is -2.33. The number of hydrogen-bond acceptors (Lipinski definition) is 3. The van der Waals surface area contributed by atoms with Crippen LogP contribution < -0.4 is 9.46 Å². The Balaban J connectivity index is 1.74. The van der Waals surface area contributed by atoms with Gasteiger partial charge in [-0.2, -0.15) is 17.4 Å². The average molecular weight is 324 g/mol. The fourth-order valence-corrected chi connectivity index (χ4v) is 4.74. The van der Waals surface area contributed by atoms with Gasteiger partial charge >= 0.3 is 0 Å². The molecule has 0 bridgehead atoms. The van der Waals surface area contributed by atoms with E-state index in [-0.39, 0.29) is 12.1 Å². The summed E-state index contributed by atoms with van der Waals surface area (Å²) in [6.07, 6.45) is 6.03. The Morgan fingerprint density at radius 2 is 1.86 bits per heavy atom. The van der Waals surface area contributed by atoms with Gasteiger partial charge < -0.3 is 4.74 Å². The summed E-state index contributed by atoms with van der Waals surface area (Å²) in [6.45, 7) is 0.539. The van der Waals surface area contributed by atoms with Gasteiger partial charge in [0.1, 0.15) is 5.75 Å². The van der Waals surface area contributed by atoms with Gasteiger partial charge in [0, 0.05) is 25.1 Å². The number of benzene rings is 1. The van der Waals surface area contributed by atoms with Crippen LogP contribution in [0.25, 0.3) is 0 Å². The van der Waals surface area contributed by atoms with Crippen molar-refractivity contribution >= 4 is 10.2 Å². The molecule has 0 saturated heterocycles. The highest BCUT2D eigenvalue weighted by Crippen LogP contribution is 2.32. The van der Waals surface area contributed by atoms with E-state index in [1.165, 1.54) is 10.7 Å². The third-order valence-corrected chi connectivity index (χ3v) is 6.36. The van der Waals surface area contributed by atoms with Crippen molar-refractivity contribution < 1.29 is 13.2 Å². The first kappa shape index (κ1) is 15.8. The third kappa shape index (κ3) is 3.29. The number of nitrogens with zero attached hydrogens (tertiary/aromatic N) is 1. The number of nitrogens with one attached hydrogen (secondary N) is 1. The maximum absolute atomic E-state index is 12.7. The Morgan fingerprint density at radius 3 is 2.64 bits per heavy atom. The van der Waals surface area contributed by atoms with E-state index in [2.05, 4.69) is 4.72 Å². The highest BCUT2D eigenvalue weighted by atomic mass is 32.2. The number of para-hydroxylation sites is 1. The third-order valence-electron chi connectivity index (χ3n) is 4.72. The van der Waals surface area contributed by atoms with Crippen molar-refractivity contribution in [2.45, 2.75) is 50.6 Å². The van der Waals surface area contributed by atoms with Crippen LogP contribution in [-0.4, -0.2) is 32.4 Å². The number of ether oxygens (including phenoxy) is 1. The molecule has 0 amide bonds. The van der Waals surface area contributed by atoms with Crippen molar-refractivity contribution in [3.05, 3.63) is 29.8 Å². The van der Waals surface area contributed by atoms with Gasteiger partial charge in [-0.15, -0.1) is 0 Å². The Kier molecular flexibility index (Phi) is 4.70. The predicted octanol–water partition coefficient (Wildman–Crippen LogP) is 2.61. The summed E-state index contributed by atoms with van der Waals surface area (Å²) in [5.41, 5.74) is 0.925. The first-order valence-corrected chi connectivity index (χ1v) is 9.49. The second kappa shape index (κ2) is 6.56. The van der Waals surface area contributed by atoms with Crippen LogP contribution in [-0.2, 0) is 10.2 Å². The van der Waals surface area contributed by atoms with Crippen molar-refractivity contribution in [2.75, 3.05) is 13.7 Å². The van der Waals surface area contributed by atoms with Gasteiger partial charge in [0.2, 0.25) is 0 Å². The summed E-state index contributed by atoms with van der Waals surface area (Å²) in [6, 6.07) is 7.56. The van der Waals surface area contributed by atoms with E-state index < -0.39 is 10.2 Å². The zero-order chi connectivity index (χ0) is 15.6. The average Bonchev–Trinajstić information content (AvgIpc) is 2.55. The van der Waals surface area contributed by atoms with E-state index >= 15 is 0 Å². The summed E-state index contributed by atoms with van der Waals surface area (Å²) in [5, 5.41) is 0. The smallest absolute Gasteiger partial charge is 0.280 e. The Hall–Kier alpha value is -1.11. The summed E-state index contributed by atoms with van der Waals surface area (Å²) >= 11 is 0. The normalized spacial score (nSPS) is 23.1. The van der Waals surface area contributed by atoms with Crippen molar-refractivity contribution in [3.8, 4) is 5.75 Å². The number of hydrogen-bond donors (Lipinski definition) is 1. The highest BCUT2D eigenvalue weighted by molar-refractivity contribution is 7.87.